The maximum Gasteiger partial charge on any atom is 0.345 e. The van der Waals surface area contributed by atoms with Gasteiger partial charge < -0.3 is 4.74 Å². The highest BCUT2D eigenvalue weighted by Crippen LogP contribution is 2.23. The Labute approximate surface area is 92.8 Å². The Hall–Kier alpha value is -1.03. The number of hydrogen-bond donors (Lipinski definition) is 0. The summed E-state index contributed by atoms with van der Waals surface area (Å²) in [6.07, 6.45) is -1.68. The fraction of sp³-hybridized carbons (Fsp3) is 0.364. The van der Waals surface area contributed by atoms with Crippen LogP contribution in [0.2, 0.25) is 0 Å². The van der Waals surface area contributed by atoms with Gasteiger partial charge in [-0.1, -0.05) is 19.1 Å². The van der Waals surface area contributed by atoms with Gasteiger partial charge in [0.1, 0.15) is 0 Å². The molecule has 0 aromatic heterocycles. The normalized spacial score (nSPS) is 12.2. The van der Waals surface area contributed by atoms with Gasteiger partial charge in [-0.15, -0.1) is 11.8 Å². The van der Waals surface area contributed by atoms with Gasteiger partial charge >= 0.3 is 5.97 Å². The van der Waals surface area contributed by atoms with Crippen LogP contribution in [0, 0.1) is 0 Å². The molecule has 0 bridgehead atoms. The second-order valence-electron chi connectivity index (χ2n) is 2.89. The molecule has 1 atom stereocenters. The molecule has 4 heteroatoms. The second-order valence-corrected chi connectivity index (χ2v) is 4.23. The minimum Gasteiger partial charge on any atom is -0.467 e. The molecule has 0 amide bonds. The van der Waals surface area contributed by atoms with E-state index in [1.807, 2.05) is 6.92 Å². The van der Waals surface area contributed by atoms with Crippen LogP contribution in [-0.4, -0.2) is 18.8 Å². The third-order valence-electron chi connectivity index (χ3n) is 1.89. The van der Waals surface area contributed by atoms with E-state index in [1.54, 1.807) is 36.0 Å². The number of esters is 1. The van der Waals surface area contributed by atoms with Gasteiger partial charge in [-0.05, 0) is 23.4 Å². The van der Waals surface area contributed by atoms with Crippen LogP contribution >= 0.6 is 11.8 Å². The molecule has 0 radical (unpaired) electrons. The van der Waals surface area contributed by atoms with Crippen molar-refractivity contribution in [3.8, 4) is 0 Å². The minimum atomic E-state index is -1.68. The molecular weight excluding hydrogens is 215 g/mol. The average molecular weight is 228 g/mol. The lowest BCUT2D eigenvalue weighted by molar-refractivity contribution is -0.146. The number of carbonyl (C=O) groups excluding carboxylic acids is 1. The van der Waals surface area contributed by atoms with E-state index in [1.165, 1.54) is 7.11 Å². The van der Waals surface area contributed by atoms with Crippen LogP contribution in [0.25, 0.3) is 0 Å². The topological polar surface area (TPSA) is 26.3 Å². The summed E-state index contributed by atoms with van der Waals surface area (Å²) in [6.45, 7) is 2.05. The van der Waals surface area contributed by atoms with E-state index in [9.17, 15) is 9.18 Å². The monoisotopic (exact) mass is 228 g/mol. The molecule has 2 nitrogen and oxygen atoms in total. The molecular formula is C11H13FO2S. The number of benzene rings is 1. The van der Waals surface area contributed by atoms with Crippen LogP contribution in [-0.2, 0) is 9.53 Å². The first-order valence-corrected chi connectivity index (χ1v) is 5.62. The molecule has 0 aliphatic rings. The van der Waals surface area contributed by atoms with Gasteiger partial charge in [0, 0.05) is 4.90 Å². The molecule has 0 N–H and O–H groups in total. The van der Waals surface area contributed by atoms with Gasteiger partial charge in [-0.25, -0.2) is 9.18 Å². The molecule has 0 spiro atoms. The van der Waals surface area contributed by atoms with Crippen molar-refractivity contribution in [2.75, 3.05) is 12.9 Å². The fourth-order valence-corrected chi connectivity index (χ4v) is 1.80. The van der Waals surface area contributed by atoms with Gasteiger partial charge in [-0.2, -0.15) is 0 Å². The van der Waals surface area contributed by atoms with Crippen molar-refractivity contribution in [2.45, 2.75) is 18.0 Å². The Morgan fingerprint density at radius 2 is 2.07 bits per heavy atom. The Balaban J connectivity index is 2.75. The van der Waals surface area contributed by atoms with Crippen LogP contribution in [0.3, 0.4) is 0 Å². The minimum absolute atomic E-state index is 0.335. The van der Waals surface area contributed by atoms with Gasteiger partial charge in [0.2, 0.25) is 6.17 Å². The predicted octanol–water partition coefficient (Wildman–Crippen LogP) is 2.98. The van der Waals surface area contributed by atoms with Gasteiger partial charge in [0.25, 0.3) is 0 Å². The van der Waals surface area contributed by atoms with Crippen molar-refractivity contribution < 1.29 is 13.9 Å². The van der Waals surface area contributed by atoms with Crippen LogP contribution < -0.4 is 0 Å². The summed E-state index contributed by atoms with van der Waals surface area (Å²) in [4.78, 5) is 12.0. The Morgan fingerprint density at radius 3 is 2.53 bits per heavy atom. The second kappa shape index (κ2) is 5.75. The molecule has 1 aromatic carbocycles. The Morgan fingerprint density at radius 1 is 1.47 bits per heavy atom. The van der Waals surface area contributed by atoms with Crippen LogP contribution in [0.4, 0.5) is 4.39 Å². The zero-order valence-corrected chi connectivity index (χ0v) is 9.51. The number of hydrogen-bond acceptors (Lipinski definition) is 3. The fourth-order valence-electron chi connectivity index (χ4n) is 1.14. The molecule has 0 aliphatic carbocycles. The summed E-state index contributed by atoms with van der Waals surface area (Å²) in [7, 11) is 1.18. The third kappa shape index (κ3) is 3.23. The molecule has 82 valence electrons. The first-order chi connectivity index (χ1) is 7.19. The van der Waals surface area contributed by atoms with E-state index in [4.69, 9.17) is 0 Å². The molecule has 0 heterocycles. The molecule has 1 aromatic rings. The number of thioether (sulfide) groups is 1. The molecule has 0 fully saturated rings. The molecule has 1 rings (SSSR count). The van der Waals surface area contributed by atoms with E-state index >= 15 is 0 Å². The smallest absolute Gasteiger partial charge is 0.345 e. The summed E-state index contributed by atoms with van der Waals surface area (Å²) < 4.78 is 17.7. The largest absolute Gasteiger partial charge is 0.467 e. The molecule has 0 aliphatic heterocycles. The zero-order chi connectivity index (χ0) is 11.3. The quantitative estimate of drug-likeness (QED) is 0.585. The van der Waals surface area contributed by atoms with Crippen LogP contribution in [0.15, 0.2) is 29.2 Å². The highest BCUT2D eigenvalue weighted by atomic mass is 32.2. The van der Waals surface area contributed by atoms with Gasteiger partial charge in [0.05, 0.1) is 7.11 Å². The SMILES string of the molecule is CCSc1ccc(C(F)C(=O)OC)cc1. The zero-order valence-electron chi connectivity index (χ0n) is 8.70. The Kier molecular flexibility index (Phi) is 4.62. The number of alkyl halides is 1. The van der Waals surface area contributed by atoms with Crippen LogP contribution in [0.5, 0.6) is 0 Å². The highest BCUT2D eigenvalue weighted by Gasteiger charge is 2.19. The molecule has 15 heavy (non-hydrogen) atoms. The summed E-state index contributed by atoms with van der Waals surface area (Å²) in [5.74, 6) is 0.112. The lowest BCUT2D eigenvalue weighted by Gasteiger charge is -2.06. The van der Waals surface area contributed by atoms with Crippen molar-refractivity contribution >= 4 is 17.7 Å². The van der Waals surface area contributed by atoms with Crippen molar-refractivity contribution in [3.63, 3.8) is 0 Å². The number of halogens is 1. The number of rotatable bonds is 4. The Bertz CT molecular complexity index is 324. The number of ether oxygens (including phenoxy) is 1. The standard InChI is InChI=1S/C11H13FO2S/c1-3-15-9-6-4-8(5-7-9)10(12)11(13)14-2/h4-7,10H,3H2,1-2H3. The van der Waals surface area contributed by atoms with Crippen LogP contribution in [0.1, 0.15) is 18.7 Å². The first kappa shape index (κ1) is 12.0. The predicted molar refractivity (Wildman–Crippen MR) is 58.7 cm³/mol. The van der Waals surface area contributed by atoms with Gasteiger partial charge in [-0.3, -0.25) is 0 Å². The molecule has 1 unspecified atom stereocenters. The lowest BCUT2D eigenvalue weighted by Crippen LogP contribution is -2.09. The molecule has 0 saturated carbocycles. The van der Waals surface area contributed by atoms with E-state index < -0.39 is 12.1 Å². The van der Waals surface area contributed by atoms with Crippen molar-refractivity contribution in [1.29, 1.82) is 0 Å². The number of methoxy groups -OCH3 is 1. The van der Waals surface area contributed by atoms with Crippen molar-refractivity contribution in [1.82, 2.24) is 0 Å². The maximum atomic E-state index is 13.4. The van der Waals surface area contributed by atoms with E-state index in [0.29, 0.717) is 5.56 Å². The van der Waals surface area contributed by atoms with E-state index in [2.05, 4.69) is 4.74 Å². The van der Waals surface area contributed by atoms with Crippen molar-refractivity contribution in [3.05, 3.63) is 29.8 Å². The number of carbonyl (C=O) groups is 1. The highest BCUT2D eigenvalue weighted by molar-refractivity contribution is 7.99. The van der Waals surface area contributed by atoms with Crippen molar-refractivity contribution in [2.24, 2.45) is 0 Å². The summed E-state index contributed by atoms with van der Waals surface area (Å²) in [5.41, 5.74) is 0.335. The van der Waals surface area contributed by atoms with E-state index in [-0.39, 0.29) is 0 Å². The third-order valence-corrected chi connectivity index (χ3v) is 2.79. The summed E-state index contributed by atoms with van der Waals surface area (Å²) in [6, 6.07) is 6.83. The van der Waals surface area contributed by atoms with Gasteiger partial charge in [0.15, 0.2) is 0 Å². The van der Waals surface area contributed by atoms with E-state index in [0.717, 1.165) is 10.6 Å². The summed E-state index contributed by atoms with van der Waals surface area (Å²) in [5, 5.41) is 0. The molecule has 0 saturated heterocycles. The lowest BCUT2D eigenvalue weighted by atomic mass is 10.1. The first-order valence-electron chi connectivity index (χ1n) is 4.63. The summed E-state index contributed by atoms with van der Waals surface area (Å²) >= 11 is 1.67. The average Bonchev–Trinajstić information content (AvgIpc) is 2.28. The maximum absolute atomic E-state index is 13.4.